The summed E-state index contributed by atoms with van der Waals surface area (Å²) in [6.45, 7) is 1.86. The van der Waals surface area contributed by atoms with E-state index < -0.39 is 21.9 Å². The van der Waals surface area contributed by atoms with Gasteiger partial charge < -0.3 is 14.8 Å². The molecule has 0 bridgehead atoms. The van der Waals surface area contributed by atoms with Crippen molar-refractivity contribution in [2.24, 2.45) is 0 Å². The molecule has 1 amide bonds. The summed E-state index contributed by atoms with van der Waals surface area (Å²) in [4.78, 5) is 24.0. The van der Waals surface area contributed by atoms with Gasteiger partial charge in [-0.05, 0) is 37.3 Å². The summed E-state index contributed by atoms with van der Waals surface area (Å²) >= 11 is 17.8. The highest BCUT2D eigenvalue weighted by Crippen LogP contribution is 2.32. The normalized spacial score (nSPS) is 12.2. The molecule has 0 saturated carbocycles. The number of benzene rings is 2. The van der Waals surface area contributed by atoms with E-state index in [1.807, 2.05) is 13.0 Å². The summed E-state index contributed by atoms with van der Waals surface area (Å²) in [6.07, 6.45) is -1.28. The van der Waals surface area contributed by atoms with Crippen LogP contribution in [0.25, 0.3) is 0 Å². The van der Waals surface area contributed by atoms with Gasteiger partial charge in [-0.3, -0.25) is 4.79 Å². The van der Waals surface area contributed by atoms with Crippen LogP contribution >= 0.6 is 34.8 Å². The third-order valence-corrected chi connectivity index (χ3v) is 3.94. The average Bonchev–Trinajstić information content (AvgIpc) is 2.59. The maximum absolute atomic E-state index is 12.4. The quantitative estimate of drug-likeness (QED) is 0.449. The second-order valence-corrected chi connectivity index (χ2v) is 7.77. The lowest BCUT2D eigenvalue weighted by molar-refractivity contribution is 0.0598. The molecule has 26 heavy (non-hydrogen) atoms. The van der Waals surface area contributed by atoms with Crippen molar-refractivity contribution in [3.05, 3.63) is 65.2 Å². The first-order chi connectivity index (χ1) is 12.2. The van der Waals surface area contributed by atoms with Gasteiger partial charge in [0, 0.05) is 5.56 Å². The van der Waals surface area contributed by atoms with Crippen molar-refractivity contribution in [1.29, 1.82) is 0 Å². The van der Waals surface area contributed by atoms with Crippen LogP contribution in [0.15, 0.2) is 48.5 Å². The Kier molecular flexibility index (Phi) is 6.75. The number of alkyl halides is 3. The molecule has 138 valence electrons. The Balaban J connectivity index is 2.21. The fraction of sp³-hybridized carbons (Fsp3) is 0.222. The van der Waals surface area contributed by atoms with E-state index >= 15 is 0 Å². The van der Waals surface area contributed by atoms with Crippen molar-refractivity contribution in [3.8, 4) is 5.75 Å². The summed E-state index contributed by atoms with van der Waals surface area (Å²) in [5.74, 6) is -0.771. The van der Waals surface area contributed by atoms with Gasteiger partial charge in [-0.15, -0.1) is 0 Å². The number of methoxy groups -OCH3 is 1. The van der Waals surface area contributed by atoms with Gasteiger partial charge in [0.15, 0.2) is 0 Å². The number of nitrogens with one attached hydrogen (secondary N) is 1. The third-order valence-electron chi connectivity index (χ3n) is 3.35. The van der Waals surface area contributed by atoms with Crippen LogP contribution in [0.1, 0.15) is 26.3 Å². The number of hydrogen-bond donors (Lipinski definition) is 1. The Hall–Kier alpha value is -1.95. The Morgan fingerprint density at radius 3 is 2.31 bits per heavy atom. The number of carbonyl (C=O) groups excluding carboxylic acids is 2. The molecule has 0 fully saturated rings. The maximum Gasteiger partial charge on any atom is 0.337 e. The number of carbonyl (C=O) groups is 2. The smallest absolute Gasteiger partial charge is 0.337 e. The Bertz CT molecular complexity index is 805. The minimum Gasteiger partial charge on any atom is -0.466 e. The molecule has 0 aliphatic rings. The van der Waals surface area contributed by atoms with Crippen molar-refractivity contribution in [1.82, 2.24) is 5.32 Å². The van der Waals surface area contributed by atoms with Crippen LogP contribution in [-0.2, 0) is 4.74 Å². The van der Waals surface area contributed by atoms with Crippen LogP contribution < -0.4 is 10.1 Å². The Morgan fingerprint density at radius 1 is 1.04 bits per heavy atom. The highest BCUT2D eigenvalue weighted by atomic mass is 35.6. The van der Waals surface area contributed by atoms with Crippen molar-refractivity contribution < 1.29 is 19.1 Å². The lowest BCUT2D eigenvalue weighted by Crippen LogP contribution is -2.47. The minimum absolute atomic E-state index is 0.230. The summed E-state index contributed by atoms with van der Waals surface area (Å²) in [7, 11) is 1.27. The van der Waals surface area contributed by atoms with Gasteiger partial charge >= 0.3 is 5.97 Å². The standard InChI is InChI=1S/C18H16Cl3NO4/c1-11-5-3-6-12(9-11)15(23)22-17(18(19,20)21)26-14-8-4-7-13(10-14)16(24)25-2/h3-10,17H,1-2H3,(H,22,23). The van der Waals surface area contributed by atoms with E-state index in [2.05, 4.69) is 10.1 Å². The summed E-state index contributed by atoms with van der Waals surface area (Å²) in [5, 5.41) is 2.54. The Labute approximate surface area is 166 Å². The van der Waals surface area contributed by atoms with E-state index in [0.29, 0.717) is 5.56 Å². The molecule has 8 heteroatoms. The van der Waals surface area contributed by atoms with Crippen molar-refractivity contribution in [3.63, 3.8) is 0 Å². The number of amides is 1. The molecule has 2 aromatic carbocycles. The van der Waals surface area contributed by atoms with Gasteiger partial charge in [0.25, 0.3) is 5.91 Å². The number of aryl methyl sites for hydroxylation is 1. The molecule has 2 aromatic rings. The zero-order valence-electron chi connectivity index (χ0n) is 14.0. The van der Waals surface area contributed by atoms with Crippen LogP contribution in [0.2, 0.25) is 0 Å². The fourth-order valence-electron chi connectivity index (χ4n) is 2.12. The molecular formula is C18H16Cl3NO4. The van der Waals surface area contributed by atoms with Gasteiger partial charge in [0.2, 0.25) is 10.0 Å². The van der Waals surface area contributed by atoms with Crippen LogP contribution in [-0.4, -0.2) is 29.0 Å². The van der Waals surface area contributed by atoms with Gasteiger partial charge in [0.1, 0.15) is 5.75 Å². The molecule has 0 aliphatic carbocycles. The molecule has 0 heterocycles. The highest BCUT2D eigenvalue weighted by Gasteiger charge is 2.36. The molecular weight excluding hydrogens is 401 g/mol. The molecule has 0 spiro atoms. The van der Waals surface area contributed by atoms with E-state index in [1.54, 1.807) is 36.4 Å². The monoisotopic (exact) mass is 415 g/mol. The van der Waals surface area contributed by atoms with Crippen molar-refractivity contribution in [2.75, 3.05) is 7.11 Å². The molecule has 2 rings (SSSR count). The molecule has 0 saturated heterocycles. The Morgan fingerprint density at radius 2 is 1.69 bits per heavy atom. The largest absolute Gasteiger partial charge is 0.466 e. The van der Waals surface area contributed by atoms with Crippen molar-refractivity contribution >= 4 is 46.7 Å². The third kappa shape index (κ3) is 5.53. The molecule has 0 aliphatic heterocycles. The van der Waals surface area contributed by atoms with Crippen LogP contribution in [0.4, 0.5) is 0 Å². The number of halogens is 3. The molecule has 0 aromatic heterocycles. The number of esters is 1. The lowest BCUT2D eigenvalue weighted by Gasteiger charge is -2.26. The number of ether oxygens (including phenoxy) is 2. The topological polar surface area (TPSA) is 64.6 Å². The van der Waals surface area contributed by atoms with E-state index in [4.69, 9.17) is 39.5 Å². The van der Waals surface area contributed by atoms with Gasteiger partial charge in [-0.2, -0.15) is 0 Å². The predicted molar refractivity (Wildman–Crippen MR) is 101 cm³/mol. The molecule has 5 nitrogen and oxygen atoms in total. The first-order valence-electron chi connectivity index (χ1n) is 7.50. The van der Waals surface area contributed by atoms with Crippen LogP contribution in [0.3, 0.4) is 0 Å². The summed E-state index contributed by atoms with van der Waals surface area (Å²) in [6, 6.07) is 13.1. The average molecular weight is 417 g/mol. The number of rotatable bonds is 5. The van der Waals surface area contributed by atoms with E-state index in [0.717, 1.165) is 5.56 Å². The molecule has 1 unspecified atom stereocenters. The maximum atomic E-state index is 12.4. The second kappa shape index (κ2) is 8.62. The first-order valence-corrected chi connectivity index (χ1v) is 8.63. The van der Waals surface area contributed by atoms with Gasteiger partial charge in [-0.25, -0.2) is 4.79 Å². The zero-order chi connectivity index (χ0) is 19.3. The van der Waals surface area contributed by atoms with E-state index in [9.17, 15) is 9.59 Å². The summed E-state index contributed by atoms with van der Waals surface area (Å²) < 4.78 is 8.31. The SMILES string of the molecule is COC(=O)c1cccc(OC(NC(=O)c2cccc(C)c2)C(Cl)(Cl)Cl)c1. The minimum atomic E-state index is -1.94. The lowest BCUT2D eigenvalue weighted by atomic mass is 10.1. The van der Waals surface area contributed by atoms with Gasteiger partial charge in [-0.1, -0.05) is 58.6 Å². The van der Waals surface area contributed by atoms with E-state index in [1.165, 1.54) is 13.2 Å². The predicted octanol–water partition coefficient (Wildman–Crippen LogP) is 4.29. The van der Waals surface area contributed by atoms with E-state index in [-0.39, 0.29) is 11.3 Å². The number of hydrogen-bond acceptors (Lipinski definition) is 4. The second-order valence-electron chi connectivity index (χ2n) is 5.40. The highest BCUT2D eigenvalue weighted by molar-refractivity contribution is 6.68. The van der Waals surface area contributed by atoms with Crippen LogP contribution in [0, 0.1) is 6.92 Å². The molecule has 0 radical (unpaired) electrons. The first kappa shape index (κ1) is 20.4. The van der Waals surface area contributed by atoms with Gasteiger partial charge in [0.05, 0.1) is 12.7 Å². The van der Waals surface area contributed by atoms with Crippen molar-refractivity contribution in [2.45, 2.75) is 16.9 Å². The zero-order valence-corrected chi connectivity index (χ0v) is 16.2. The van der Waals surface area contributed by atoms with Crippen LogP contribution in [0.5, 0.6) is 5.75 Å². The summed E-state index contributed by atoms with van der Waals surface area (Å²) in [5.41, 5.74) is 1.57. The molecule has 1 atom stereocenters. The molecule has 1 N–H and O–H groups in total. The fourth-order valence-corrected chi connectivity index (χ4v) is 2.41.